The summed E-state index contributed by atoms with van der Waals surface area (Å²) in [6.45, 7) is 6.03. The summed E-state index contributed by atoms with van der Waals surface area (Å²) in [7, 11) is 0. The van der Waals surface area contributed by atoms with Crippen LogP contribution in [0.25, 0.3) is 0 Å². The summed E-state index contributed by atoms with van der Waals surface area (Å²) < 4.78 is 0. The molecule has 6 heteroatoms. The van der Waals surface area contributed by atoms with Gasteiger partial charge in [-0.1, -0.05) is 38.1 Å². The van der Waals surface area contributed by atoms with Crippen molar-refractivity contribution in [1.29, 1.82) is 0 Å². The second-order valence-electron chi connectivity index (χ2n) is 6.74. The Morgan fingerprint density at radius 3 is 2.38 bits per heavy atom. The van der Waals surface area contributed by atoms with Gasteiger partial charge in [0.2, 0.25) is 11.8 Å². The summed E-state index contributed by atoms with van der Waals surface area (Å²) in [4.78, 5) is 39.9. The molecule has 0 spiro atoms. The van der Waals surface area contributed by atoms with Crippen LogP contribution in [0.3, 0.4) is 0 Å². The first kappa shape index (κ1) is 19.9. The molecule has 1 aliphatic rings. The maximum absolute atomic E-state index is 12.6. The highest BCUT2D eigenvalue weighted by Gasteiger charge is 2.32. The fourth-order valence-electron chi connectivity index (χ4n) is 3.44. The van der Waals surface area contributed by atoms with Crippen LogP contribution >= 0.6 is 0 Å². The molecule has 1 heterocycles. The van der Waals surface area contributed by atoms with Crippen molar-refractivity contribution in [3.63, 3.8) is 0 Å². The average Bonchev–Trinajstić information content (AvgIpc) is 2.64. The van der Waals surface area contributed by atoms with E-state index in [0.29, 0.717) is 19.6 Å². The maximum atomic E-state index is 12.6. The Bertz CT molecular complexity index is 653. The number of carbonyl (C=O) groups is 3. The first-order valence-corrected chi connectivity index (χ1v) is 9.34. The van der Waals surface area contributed by atoms with Gasteiger partial charge in [-0.25, -0.2) is 0 Å². The van der Waals surface area contributed by atoms with Crippen molar-refractivity contribution in [3.8, 4) is 0 Å². The number of fused-ring (bicyclic) bond motifs is 1. The van der Waals surface area contributed by atoms with Gasteiger partial charge in [0.15, 0.2) is 0 Å². The minimum Gasteiger partial charge on any atom is -0.481 e. The largest absolute Gasteiger partial charge is 0.481 e. The third-order valence-corrected chi connectivity index (χ3v) is 4.74. The van der Waals surface area contributed by atoms with Crippen molar-refractivity contribution in [1.82, 2.24) is 9.80 Å². The molecule has 1 unspecified atom stereocenters. The predicted molar refractivity (Wildman–Crippen MR) is 98.6 cm³/mol. The number of aliphatic carboxylic acids is 1. The molecule has 0 radical (unpaired) electrons. The summed E-state index contributed by atoms with van der Waals surface area (Å²) in [5.41, 5.74) is 1.64. The van der Waals surface area contributed by atoms with E-state index < -0.39 is 11.9 Å². The molecule has 6 nitrogen and oxygen atoms in total. The van der Waals surface area contributed by atoms with Crippen LogP contribution < -0.4 is 0 Å². The predicted octanol–water partition coefficient (Wildman–Crippen LogP) is 2.63. The lowest BCUT2D eigenvalue weighted by Gasteiger charge is -2.33. The summed E-state index contributed by atoms with van der Waals surface area (Å²) >= 11 is 0. The number of carboxylic acid groups (broad SMARTS) is 1. The van der Waals surface area contributed by atoms with Crippen LogP contribution in [-0.2, 0) is 20.9 Å². The van der Waals surface area contributed by atoms with Crippen LogP contribution in [0.4, 0.5) is 0 Å². The summed E-state index contributed by atoms with van der Waals surface area (Å²) in [6, 6.07) is 7.34. The van der Waals surface area contributed by atoms with E-state index in [4.69, 9.17) is 0 Å². The molecule has 1 atom stereocenters. The molecule has 0 saturated carbocycles. The second-order valence-corrected chi connectivity index (χ2v) is 6.74. The zero-order chi connectivity index (χ0) is 19.1. The molecule has 142 valence electrons. The van der Waals surface area contributed by atoms with Crippen LogP contribution in [0.2, 0.25) is 0 Å². The molecule has 1 aliphatic heterocycles. The molecular formula is C20H28N2O4. The summed E-state index contributed by atoms with van der Waals surface area (Å²) in [5.74, 6) is -1.80. The molecule has 0 bridgehead atoms. The molecule has 0 saturated heterocycles. The molecule has 0 aromatic heterocycles. The van der Waals surface area contributed by atoms with Crippen LogP contribution in [0.5, 0.6) is 0 Å². The first-order chi connectivity index (χ1) is 12.5. The van der Waals surface area contributed by atoms with Crippen LogP contribution in [0.15, 0.2) is 24.3 Å². The van der Waals surface area contributed by atoms with Gasteiger partial charge in [-0.05, 0) is 24.0 Å². The third-order valence-electron chi connectivity index (χ3n) is 4.74. The number of carbonyl (C=O) groups excluding carboxylic acids is 2. The number of rotatable bonds is 8. The number of hydrogen-bond donors (Lipinski definition) is 1. The highest BCUT2D eigenvalue weighted by Crippen LogP contribution is 2.29. The van der Waals surface area contributed by atoms with Gasteiger partial charge < -0.3 is 14.9 Å². The van der Waals surface area contributed by atoms with Gasteiger partial charge in [-0.2, -0.15) is 0 Å². The Labute approximate surface area is 154 Å². The number of amides is 2. The van der Waals surface area contributed by atoms with E-state index in [1.165, 1.54) is 0 Å². The van der Waals surface area contributed by atoms with Crippen molar-refractivity contribution < 1.29 is 19.5 Å². The zero-order valence-electron chi connectivity index (χ0n) is 15.6. The van der Waals surface area contributed by atoms with Crippen molar-refractivity contribution in [2.24, 2.45) is 0 Å². The molecule has 1 aromatic carbocycles. The SMILES string of the molecule is CCCN(CCC)C(=O)CCC(=O)N1Cc2ccccc2C(C(=O)O)C1. The third kappa shape index (κ3) is 4.84. The zero-order valence-corrected chi connectivity index (χ0v) is 15.6. The standard InChI is InChI=1S/C20H28N2O4/c1-3-11-21(12-4-2)18(23)9-10-19(24)22-13-15-7-5-6-8-16(15)17(14-22)20(25)26/h5-8,17H,3-4,9-14H2,1-2H3,(H,25,26). The topological polar surface area (TPSA) is 77.9 Å². The maximum Gasteiger partial charge on any atom is 0.312 e. The summed E-state index contributed by atoms with van der Waals surface area (Å²) in [6.07, 6.45) is 2.08. The smallest absolute Gasteiger partial charge is 0.312 e. The molecule has 1 aromatic rings. The van der Waals surface area contributed by atoms with Crippen LogP contribution in [-0.4, -0.2) is 52.3 Å². The molecule has 0 aliphatic carbocycles. The van der Waals surface area contributed by atoms with Gasteiger partial charge in [-0.3, -0.25) is 14.4 Å². The molecule has 0 fully saturated rings. The lowest BCUT2D eigenvalue weighted by Crippen LogP contribution is -2.41. The van der Waals surface area contributed by atoms with E-state index in [-0.39, 0.29) is 31.2 Å². The highest BCUT2D eigenvalue weighted by molar-refractivity contribution is 5.85. The lowest BCUT2D eigenvalue weighted by atomic mass is 9.89. The minimum absolute atomic E-state index is 0.00533. The van der Waals surface area contributed by atoms with Crippen molar-refractivity contribution >= 4 is 17.8 Å². The molecule has 26 heavy (non-hydrogen) atoms. The highest BCUT2D eigenvalue weighted by atomic mass is 16.4. The molecule has 2 rings (SSSR count). The average molecular weight is 360 g/mol. The number of benzene rings is 1. The van der Waals surface area contributed by atoms with E-state index in [2.05, 4.69) is 0 Å². The van der Waals surface area contributed by atoms with Crippen LogP contribution in [0.1, 0.15) is 56.6 Å². The Balaban J connectivity index is 1.99. The Morgan fingerprint density at radius 2 is 1.77 bits per heavy atom. The molecule has 2 amide bonds. The van der Waals surface area contributed by atoms with Gasteiger partial charge in [-0.15, -0.1) is 0 Å². The van der Waals surface area contributed by atoms with E-state index in [1.807, 2.05) is 38.1 Å². The van der Waals surface area contributed by atoms with E-state index in [0.717, 1.165) is 24.0 Å². The van der Waals surface area contributed by atoms with Gasteiger partial charge in [0, 0.05) is 39.0 Å². The van der Waals surface area contributed by atoms with Gasteiger partial charge in [0.1, 0.15) is 0 Å². The number of nitrogens with zero attached hydrogens (tertiary/aromatic N) is 2. The van der Waals surface area contributed by atoms with Gasteiger partial charge in [0.25, 0.3) is 0 Å². The first-order valence-electron chi connectivity index (χ1n) is 9.34. The van der Waals surface area contributed by atoms with E-state index >= 15 is 0 Å². The minimum atomic E-state index is -0.928. The number of carboxylic acids is 1. The Kier molecular flexibility index (Phi) is 7.18. The Hall–Kier alpha value is -2.37. The molecular weight excluding hydrogens is 332 g/mol. The number of hydrogen-bond acceptors (Lipinski definition) is 3. The Morgan fingerprint density at radius 1 is 1.12 bits per heavy atom. The normalized spacial score (nSPS) is 16.1. The van der Waals surface area contributed by atoms with Gasteiger partial charge in [0.05, 0.1) is 5.92 Å². The summed E-state index contributed by atoms with van der Waals surface area (Å²) in [5, 5.41) is 9.49. The monoisotopic (exact) mass is 360 g/mol. The van der Waals surface area contributed by atoms with E-state index in [1.54, 1.807) is 9.80 Å². The quantitative estimate of drug-likeness (QED) is 0.773. The van der Waals surface area contributed by atoms with Crippen LogP contribution in [0, 0.1) is 0 Å². The van der Waals surface area contributed by atoms with E-state index in [9.17, 15) is 19.5 Å². The molecule has 1 N–H and O–H groups in total. The fourth-order valence-corrected chi connectivity index (χ4v) is 3.44. The lowest BCUT2D eigenvalue weighted by molar-refractivity contribution is -0.142. The van der Waals surface area contributed by atoms with Crippen molar-refractivity contribution in [3.05, 3.63) is 35.4 Å². The fraction of sp³-hybridized carbons (Fsp3) is 0.550. The van der Waals surface area contributed by atoms with Gasteiger partial charge >= 0.3 is 5.97 Å². The van der Waals surface area contributed by atoms with Crippen molar-refractivity contribution in [2.75, 3.05) is 19.6 Å². The second kappa shape index (κ2) is 9.36. The van der Waals surface area contributed by atoms with Crippen molar-refractivity contribution in [2.45, 2.75) is 52.0 Å².